The minimum absolute atomic E-state index is 0.117. The molecule has 4 aromatic carbocycles. The van der Waals surface area contributed by atoms with Crippen LogP contribution in [0.3, 0.4) is 0 Å². The number of hydrogen-bond donors (Lipinski definition) is 9. The molecule has 0 bridgehead atoms. The molecule has 9 N–H and O–H groups in total. The van der Waals surface area contributed by atoms with E-state index >= 15 is 0 Å². The Morgan fingerprint density at radius 2 is 0.919 bits per heavy atom. The Labute approximate surface area is 361 Å². The van der Waals surface area contributed by atoms with E-state index < -0.39 is 79.4 Å². The van der Waals surface area contributed by atoms with Gasteiger partial charge in [0.15, 0.2) is 0 Å². The molecule has 4 aromatic rings. The Kier molecular flexibility index (Phi) is 16.4. The number of carboxylic acids is 2. The van der Waals surface area contributed by atoms with E-state index in [0.717, 1.165) is 83.0 Å². The molecule has 2 aliphatic rings. The van der Waals surface area contributed by atoms with Crippen molar-refractivity contribution in [2.75, 3.05) is 13.2 Å². The van der Waals surface area contributed by atoms with Crippen molar-refractivity contribution in [1.29, 1.82) is 0 Å². The van der Waals surface area contributed by atoms with Crippen LogP contribution in [0.5, 0.6) is 0 Å². The van der Waals surface area contributed by atoms with Crippen LogP contribution in [-0.4, -0.2) is 126 Å². The lowest BCUT2D eigenvalue weighted by Gasteiger charge is -2.41. The molecule has 62 heavy (non-hydrogen) atoms. The van der Waals surface area contributed by atoms with E-state index in [1.807, 2.05) is 48.5 Å². The Morgan fingerprint density at radius 1 is 0.500 bits per heavy atom. The average molecular weight is 857 g/mol. The third kappa shape index (κ3) is 11.7. The molecule has 10 atom stereocenters. The van der Waals surface area contributed by atoms with Crippen LogP contribution in [0.4, 0.5) is 0 Å². The molecule has 13 heteroatoms. The number of aliphatic carboxylic acids is 2. The first-order chi connectivity index (χ1) is 29.8. The number of rotatable bonds is 19. The molecule has 0 spiro atoms. The largest absolute Gasteiger partial charge is 0.481 e. The number of ether oxygens (including phenoxy) is 2. The van der Waals surface area contributed by atoms with Crippen molar-refractivity contribution in [3.05, 3.63) is 118 Å². The Morgan fingerprint density at radius 3 is 1.37 bits per heavy atom. The van der Waals surface area contributed by atoms with E-state index in [2.05, 4.69) is 18.2 Å². The first kappa shape index (κ1) is 47.0. The van der Waals surface area contributed by atoms with E-state index in [1.54, 1.807) is 25.1 Å². The van der Waals surface area contributed by atoms with Crippen molar-refractivity contribution in [1.82, 2.24) is 0 Å². The fraction of sp³-hybridized carbons (Fsp3) is 0.469. The number of carboxylic acid groups (broad SMARTS) is 2. The van der Waals surface area contributed by atoms with Crippen molar-refractivity contribution < 1.29 is 65.0 Å². The zero-order valence-corrected chi connectivity index (χ0v) is 35.0. The van der Waals surface area contributed by atoms with E-state index in [-0.39, 0.29) is 25.9 Å². The monoisotopic (exact) mass is 856 g/mol. The summed E-state index contributed by atoms with van der Waals surface area (Å²) in [6.45, 7) is 0.844. The van der Waals surface area contributed by atoms with Crippen LogP contribution < -0.4 is 0 Å². The van der Waals surface area contributed by atoms with Crippen LogP contribution in [-0.2, 0) is 57.6 Å². The van der Waals surface area contributed by atoms with Gasteiger partial charge in [0.25, 0.3) is 0 Å². The highest BCUT2D eigenvalue weighted by atomic mass is 16.5. The summed E-state index contributed by atoms with van der Waals surface area (Å²) >= 11 is 0. The van der Waals surface area contributed by atoms with Crippen LogP contribution in [0.15, 0.2) is 84.9 Å². The number of aryl methyl sites for hydroxylation is 2. The molecule has 0 amide bonds. The van der Waals surface area contributed by atoms with Crippen molar-refractivity contribution in [3.63, 3.8) is 0 Å². The second kappa shape index (κ2) is 21.7. The standard InChI is InChI=1S/C49H60O13/c1-28-45(56)39(61-41(26-50)46(28)57)24-35-16-14-29(20-37(35)33-12-6-10-31(18-33)22-43(52)53)8-4-2-3-5-9-30-15-17-36(25-40-47(58)49(60)48(59)42(27-51)62-40)38(21-30)34-13-7-11-32(19-34)23-44(54)55/h6-7,10-21,28,39-42,45-51,56-60H,2-5,8-9,22-27H2,1H3,(H,52,53)(H,54,55)/t28-,39-,40-,41-,42-,45+,46+,47-,48-,49-/m1/s1. The van der Waals surface area contributed by atoms with Crippen molar-refractivity contribution >= 4 is 11.9 Å². The molecule has 0 aliphatic carbocycles. The molecule has 13 nitrogen and oxygen atoms in total. The van der Waals surface area contributed by atoms with Crippen molar-refractivity contribution in [2.24, 2.45) is 5.92 Å². The Bertz CT molecular complexity index is 1970. The number of benzene rings is 4. The summed E-state index contributed by atoms with van der Waals surface area (Å²) < 4.78 is 11.8. The molecule has 0 radical (unpaired) electrons. The first-order valence-corrected chi connectivity index (χ1v) is 21.5. The first-order valence-electron chi connectivity index (χ1n) is 21.5. The lowest BCUT2D eigenvalue weighted by molar-refractivity contribution is -0.228. The van der Waals surface area contributed by atoms with Gasteiger partial charge < -0.3 is 55.4 Å². The van der Waals surface area contributed by atoms with Gasteiger partial charge in [-0.3, -0.25) is 9.59 Å². The molecule has 2 fully saturated rings. The highest BCUT2D eigenvalue weighted by Gasteiger charge is 2.44. The molecule has 0 aromatic heterocycles. The number of carbonyl (C=O) groups is 2. The van der Waals surface area contributed by atoms with Gasteiger partial charge in [-0.25, -0.2) is 0 Å². The maximum atomic E-state index is 11.5. The number of aliphatic hydroxyl groups excluding tert-OH is 7. The van der Waals surface area contributed by atoms with E-state index in [0.29, 0.717) is 17.5 Å². The second-order valence-electron chi connectivity index (χ2n) is 17.0. The highest BCUT2D eigenvalue weighted by molar-refractivity contribution is 5.74. The Balaban J connectivity index is 1.13. The molecule has 334 valence electrons. The zero-order valence-electron chi connectivity index (χ0n) is 35.0. The highest BCUT2D eigenvalue weighted by Crippen LogP contribution is 2.34. The van der Waals surface area contributed by atoms with Gasteiger partial charge in [-0.1, -0.05) is 105 Å². The van der Waals surface area contributed by atoms with Gasteiger partial charge in [-0.15, -0.1) is 0 Å². The van der Waals surface area contributed by atoms with Crippen LogP contribution in [0.25, 0.3) is 22.3 Å². The summed E-state index contributed by atoms with van der Waals surface area (Å²) in [7, 11) is 0. The minimum Gasteiger partial charge on any atom is -0.481 e. The Hall–Kier alpha value is -4.54. The van der Waals surface area contributed by atoms with E-state index in [4.69, 9.17) is 9.47 Å². The maximum absolute atomic E-state index is 11.5. The molecule has 2 heterocycles. The van der Waals surface area contributed by atoms with Gasteiger partial charge in [-0.05, 0) is 81.3 Å². The third-order valence-corrected chi connectivity index (χ3v) is 12.4. The summed E-state index contributed by atoms with van der Waals surface area (Å²) in [4.78, 5) is 23.1. The van der Waals surface area contributed by atoms with Gasteiger partial charge in [0.1, 0.15) is 30.5 Å². The van der Waals surface area contributed by atoms with Crippen molar-refractivity contribution in [3.8, 4) is 22.3 Å². The van der Waals surface area contributed by atoms with Gasteiger partial charge >= 0.3 is 11.9 Å². The molecular formula is C49H60O13. The SMILES string of the molecule is C[C@H]1[C@H](O)[C@@H](CO)O[C@H](Cc2ccc(CCCCCCc3ccc(C[C@H]4O[C@H](CO)[C@@H](O)[C@H](O)[C@@H]4O)c(-c4cccc(CC(=O)O)c4)c3)cc2-c2cccc(CC(=O)O)c2)[C@H]1O. The topological polar surface area (TPSA) is 235 Å². The number of unbranched alkanes of at least 4 members (excludes halogenated alkanes) is 3. The number of aliphatic hydroxyl groups is 7. The van der Waals surface area contributed by atoms with Crippen LogP contribution in [0.2, 0.25) is 0 Å². The van der Waals surface area contributed by atoms with E-state index in [1.165, 1.54) is 0 Å². The summed E-state index contributed by atoms with van der Waals surface area (Å²) in [5, 5.41) is 91.5. The van der Waals surface area contributed by atoms with Crippen molar-refractivity contribution in [2.45, 2.75) is 126 Å². The normalized spacial score (nSPS) is 26.3. The molecule has 2 aliphatic heterocycles. The van der Waals surface area contributed by atoms with Gasteiger partial charge in [0.2, 0.25) is 0 Å². The zero-order chi connectivity index (χ0) is 44.5. The van der Waals surface area contributed by atoms with E-state index in [9.17, 15) is 55.5 Å². The fourth-order valence-corrected chi connectivity index (χ4v) is 8.88. The van der Waals surface area contributed by atoms with Gasteiger partial charge in [0, 0.05) is 18.8 Å². The molecule has 0 saturated carbocycles. The minimum atomic E-state index is -1.49. The average Bonchev–Trinajstić information content (AvgIpc) is 3.25. The quantitative estimate of drug-likeness (QED) is 0.0614. The molecule has 6 rings (SSSR count). The molecule has 2 saturated heterocycles. The van der Waals surface area contributed by atoms with Crippen LogP contribution in [0.1, 0.15) is 66.0 Å². The molecule has 0 unspecified atom stereocenters. The lowest BCUT2D eigenvalue weighted by atomic mass is 9.84. The molecular weight excluding hydrogens is 797 g/mol. The summed E-state index contributed by atoms with van der Waals surface area (Å²) in [5.41, 5.74) is 8.59. The van der Waals surface area contributed by atoms with Crippen LogP contribution in [0, 0.1) is 5.92 Å². The smallest absolute Gasteiger partial charge is 0.307 e. The predicted molar refractivity (Wildman–Crippen MR) is 230 cm³/mol. The summed E-state index contributed by atoms with van der Waals surface area (Å²) in [5.74, 6) is -2.37. The predicted octanol–water partition coefficient (Wildman–Crippen LogP) is 3.67. The van der Waals surface area contributed by atoms with Gasteiger partial charge in [-0.2, -0.15) is 0 Å². The fourth-order valence-electron chi connectivity index (χ4n) is 8.88. The second-order valence-corrected chi connectivity index (χ2v) is 17.0. The third-order valence-electron chi connectivity index (χ3n) is 12.4. The van der Waals surface area contributed by atoms with Gasteiger partial charge in [0.05, 0.1) is 50.5 Å². The summed E-state index contributed by atoms with van der Waals surface area (Å²) in [6, 6.07) is 27.0. The van der Waals surface area contributed by atoms with Crippen LogP contribution >= 0.6 is 0 Å². The maximum Gasteiger partial charge on any atom is 0.307 e. The lowest BCUT2D eigenvalue weighted by Crippen LogP contribution is -2.59. The number of hydrogen-bond acceptors (Lipinski definition) is 11. The summed E-state index contributed by atoms with van der Waals surface area (Å²) in [6.07, 6.45) is -4.05.